The van der Waals surface area contributed by atoms with Gasteiger partial charge in [-0.1, -0.05) is 29.8 Å². The lowest BCUT2D eigenvalue weighted by atomic mass is 10.1. The van der Waals surface area contributed by atoms with E-state index in [1.165, 1.54) is 0 Å². The van der Waals surface area contributed by atoms with Gasteiger partial charge in [0.05, 0.1) is 0 Å². The summed E-state index contributed by atoms with van der Waals surface area (Å²) >= 11 is 0. The standard InChI is InChI=1S/C15H12O4/c1-10-2-3-11-4-5-13(9-12(11)8-10)19-15(18)7-6-14(16)17/h2-9H,1H3,(H,16,17)/b7-6+. The molecular formula is C15H12O4. The highest BCUT2D eigenvalue weighted by Crippen LogP contribution is 2.22. The number of aliphatic carboxylic acids is 1. The summed E-state index contributed by atoms with van der Waals surface area (Å²) in [4.78, 5) is 21.6. The van der Waals surface area contributed by atoms with Crippen LogP contribution < -0.4 is 4.74 Å². The van der Waals surface area contributed by atoms with Gasteiger partial charge in [0.25, 0.3) is 0 Å². The Hall–Kier alpha value is -2.62. The van der Waals surface area contributed by atoms with Crippen LogP contribution in [0.4, 0.5) is 0 Å². The zero-order valence-corrected chi connectivity index (χ0v) is 10.3. The molecule has 0 aliphatic heterocycles. The van der Waals surface area contributed by atoms with Gasteiger partial charge in [-0.15, -0.1) is 0 Å². The minimum Gasteiger partial charge on any atom is -0.478 e. The number of esters is 1. The molecule has 0 bridgehead atoms. The quantitative estimate of drug-likeness (QED) is 0.521. The molecule has 0 radical (unpaired) electrons. The Morgan fingerprint density at radius 2 is 1.79 bits per heavy atom. The van der Waals surface area contributed by atoms with E-state index in [9.17, 15) is 9.59 Å². The first-order chi connectivity index (χ1) is 9.04. The minimum absolute atomic E-state index is 0.387. The zero-order valence-electron chi connectivity index (χ0n) is 10.3. The van der Waals surface area contributed by atoms with Crippen LogP contribution in [0.5, 0.6) is 5.75 Å². The number of rotatable bonds is 3. The number of carbonyl (C=O) groups is 2. The van der Waals surface area contributed by atoms with Gasteiger partial charge in [0.15, 0.2) is 0 Å². The van der Waals surface area contributed by atoms with E-state index in [2.05, 4.69) is 0 Å². The van der Waals surface area contributed by atoms with Gasteiger partial charge in [0.1, 0.15) is 5.75 Å². The van der Waals surface area contributed by atoms with Gasteiger partial charge in [-0.3, -0.25) is 0 Å². The number of ether oxygens (including phenoxy) is 1. The van der Waals surface area contributed by atoms with E-state index in [1.54, 1.807) is 12.1 Å². The Bertz CT molecular complexity index is 671. The number of fused-ring (bicyclic) bond motifs is 1. The van der Waals surface area contributed by atoms with Gasteiger partial charge in [-0.05, 0) is 29.8 Å². The van der Waals surface area contributed by atoms with Crippen molar-refractivity contribution in [3.8, 4) is 5.75 Å². The predicted molar refractivity (Wildman–Crippen MR) is 71.1 cm³/mol. The molecule has 0 saturated carbocycles. The Labute approximate surface area is 109 Å². The molecule has 0 amide bonds. The first-order valence-corrected chi connectivity index (χ1v) is 5.68. The van der Waals surface area contributed by atoms with Gasteiger partial charge >= 0.3 is 11.9 Å². The summed E-state index contributed by atoms with van der Waals surface area (Å²) in [7, 11) is 0. The van der Waals surface area contributed by atoms with E-state index < -0.39 is 11.9 Å². The first-order valence-electron chi connectivity index (χ1n) is 5.68. The van der Waals surface area contributed by atoms with Crippen LogP contribution in [0.15, 0.2) is 48.6 Å². The molecule has 96 valence electrons. The molecule has 0 saturated heterocycles. The average molecular weight is 256 g/mol. The van der Waals surface area contributed by atoms with Crippen molar-refractivity contribution in [1.82, 2.24) is 0 Å². The number of hydrogen-bond acceptors (Lipinski definition) is 3. The second kappa shape index (κ2) is 5.35. The summed E-state index contributed by atoms with van der Waals surface area (Å²) in [5.41, 5.74) is 1.11. The number of hydrogen-bond donors (Lipinski definition) is 1. The van der Waals surface area contributed by atoms with E-state index in [0.29, 0.717) is 5.75 Å². The lowest BCUT2D eigenvalue weighted by Crippen LogP contribution is -2.04. The van der Waals surface area contributed by atoms with Gasteiger partial charge in [-0.2, -0.15) is 0 Å². The molecule has 4 nitrogen and oxygen atoms in total. The summed E-state index contributed by atoms with van der Waals surface area (Å²) in [6.07, 6.45) is 1.62. The molecule has 0 fully saturated rings. The van der Waals surface area contributed by atoms with Crippen molar-refractivity contribution < 1.29 is 19.4 Å². The summed E-state index contributed by atoms with van der Waals surface area (Å²) in [5, 5.41) is 10.4. The van der Waals surface area contributed by atoms with Crippen molar-refractivity contribution in [3.63, 3.8) is 0 Å². The van der Waals surface area contributed by atoms with Crippen LogP contribution >= 0.6 is 0 Å². The maximum atomic E-state index is 11.3. The van der Waals surface area contributed by atoms with E-state index in [-0.39, 0.29) is 0 Å². The van der Waals surface area contributed by atoms with Gasteiger partial charge in [-0.25, -0.2) is 9.59 Å². The van der Waals surface area contributed by atoms with Crippen LogP contribution in [0.2, 0.25) is 0 Å². The summed E-state index contributed by atoms with van der Waals surface area (Å²) in [6.45, 7) is 1.98. The lowest BCUT2D eigenvalue weighted by Gasteiger charge is -2.04. The zero-order chi connectivity index (χ0) is 13.8. The van der Waals surface area contributed by atoms with Crippen molar-refractivity contribution in [2.24, 2.45) is 0 Å². The molecule has 19 heavy (non-hydrogen) atoms. The smallest absolute Gasteiger partial charge is 0.336 e. The van der Waals surface area contributed by atoms with Crippen molar-refractivity contribution in [2.45, 2.75) is 6.92 Å². The van der Waals surface area contributed by atoms with Crippen LogP contribution in [-0.2, 0) is 9.59 Å². The third kappa shape index (κ3) is 3.42. The Morgan fingerprint density at radius 3 is 2.53 bits per heavy atom. The second-order valence-electron chi connectivity index (χ2n) is 4.11. The number of carboxylic acids is 1. The molecular weight excluding hydrogens is 244 g/mol. The number of aryl methyl sites for hydroxylation is 1. The Kier molecular flexibility index (Phi) is 3.61. The highest BCUT2D eigenvalue weighted by molar-refractivity contribution is 5.92. The van der Waals surface area contributed by atoms with Crippen molar-refractivity contribution >= 4 is 22.7 Å². The first kappa shape index (κ1) is 12.8. The predicted octanol–water partition coefficient (Wildman–Crippen LogP) is 2.69. The SMILES string of the molecule is Cc1ccc2ccc(OC(=O)/C=C/C(=O)O)cc2c1. The minimum atomic E-state index is -1.19. The Morgan fingerprint density at radius 1 is 1.05 bits per heavy atom. The van der Waals surface area contributed by atoms with Gasteiger partial charge in [0.2, 0.25) is 0 Å². The van der Waals surface area contributed by atoms with E-state index >= 15 is 0 Å². The molecule has 0 spiro atoms. The molecule has 2 rings (SSSR count). The second-order valence-corrected chi connectivity index (χ2v) is 4.11. The van der Waals surface area contributed by atoms with Crippen LogP contribution in [0.3, 0.4) is 0 Å². The van der Waals surface area contributed by atoms with Gasteiger partial charge in [0, 0.05) is 12.2 Å². The fourth-order valence-electron chi connectivity index (χ4n) is 1.70. The van der Waals surface area contributed by atoms with E-state index in [0.717, 1.165) is 28.5 Å². The molecule has 0 unspecified atom stereocenters. The fourth-order valence-corrected chi connectivity index (χ4v) is 1.70. The highest BCUT2D eigenvalue weighted by Gasteiger charge is 2.03. The number of benzene rings is 2. The third-order valence-corrected chi connectivity index (χ3v) is 2.55. The molecule has 0 aliphatic rings. The maximum absolute atomic E-state index is 11.3. The molecule has 0 atom stereocenters. The van der Waals surface area contributed by atoms with Crippen molar-refractivity contribution in [3.05, 3.63) is 54.1 Å². The molecule has 0 aromatic heterocycles. The summed E-state index contributed by atoms with van der Waals surface area (Å²) < 4.78 is 5.02. The Balaban J connectivity index is 2.21. The fraction of sp³-hybridized carbons (Fsp3) is 0.0667. The van der Waals surface area contributed by atoms with Crippen LogP contribution in [0, 0.1) is 6.92 Å². The number of carboxylic acid groups (broad SMARTS) is 1. The van der Waals surface area contributed by atoms with Crippen LogP contribution in [0.1, 0.15) is 5.56 Å². The highest BCUT2D eigenvalue weighted by atomic mass is 16.5. The molecule has 1 N–H and O–H groups in total. The van der Waals surface area contributed by atoms with Crippen LogP contribution in [0.25, 0.3) is 10.8 Å². The topological polar surface area (TPSA) is 63.6 Å². The van der Waals surface area contributed by atoms with Crippen LogP contribution in [-0.4, -0.2) is 17.0 Å². The lowest BCUT2D eigenvalue weighted by molar-refractivity contribution is -0.133. The molecule has 2 aromatic carbocycles. The van der Waals surface area contributed by atoms with Crippen molar-refractivity contribution in [2.75, 3.05) is 0 Å². The summed E-state index contributed by atoms with van der Waals surface area (Å²) in [5.74, 6) is -1.52. The van der Waals surface area contributed by atoms with E-state index in [4.69, 9.17) is 9.84 Å². The molecule has 2 aromatic rings. The van der Waals surface area contributed by atoms with E-state index in [1.807, 2.05) is 31.2 Å². The van der Waals surface area contributed by atoms with Crippen molar-refractivity contribution in [1.29, 1.82) is 0 Å². The third-order valence-electron chi connectivity index (χ3n) is 2.55. The normalized spacial score (nSPS) is 10.8. The molecule has 4 heteroatoms. The average Bonchev–Trinajstić information content (AvgIpc) is 2.36. The molecule has 0 aliphatic carbocycles. The summed E-state index contributed by atoms with van der Waals surface area (Å²) in [6, 6.07) is 11.2. The van der Waals surface area contributed by atoms with Gasteiger partial charge < -0.3 is 9.84 Å². The maximum Gasteiger partial charge on any atom is 0.336 e. The molecule has 0 heterocycles. The number of carbonyl (C=O) groups excluding carboxylic acids is 1. The largest absolute Gasteiger partial charge is 0.478 e. The monoisotopic (exact) mass is 256 g/mol.